The van der Waals surface area contributed by atoms with Gasteiger partial charge in [-0.3, -0.25) is 4.79 Å². The summed E-state index contributed by atoms with van der Waals surface area (Å²) in [5.41, 5.74) is 1.70. The maximum atomic E-state index is 11.1. The first-order chi connectivity index (χ1) is 9.95. The summed E-state index contributed by atoms with van der Waals surface area (Å²) in [4.78, 5) is 11.1. The standard InChI is InChI=1S/C17H25ClN2O/c1-11(2)13-5-4-6-14(9-13)20-15-7-8-17(16(18)10-15)19-12(3)21/h7-8,10-11,13-14,20H,4-6,9H2,1-3H3,(H,19,21). The maximum absolute atomic E-state index is 11.1. The van der Waals surface area contributed by atoms with E-state index in [9.17, 15) is 4.79 Å². The summed E-state index contributed by atoms with van der Waals surface area (Å²) in [6.45, 7) is 6.11. The lowest BCUT2D eigenvalue weighted by atomic mass is 9.79. The van der Waals surface area contributed by atoms with E-state index in [-0.39, 0.29) is 5.91 Å². The van der Waals surface area contributed by atoms with Crippen molar-refractivity contribution in [2.75, 3.05) is 10.6 Å². The van der Waals surface area contributed by atoms with E-state index in [1.165, 1.54) is 32.6 Å². The van der Waals surface area contributed by atoms with Crippen LogP contribution in [0.15, 0.2) is 18.2 Å². The van der Waals surface area contributed by atoms with Gasteiger partial charge in [-0.25, -0.2) is 0 Å². The van der Waals surface area contributed by atoms with Gasteiger partial charge in [-0.05, 0) is 42.9 Å². The fourth-order valence-corrected chi connectivity index (χ4v) is 3.32. The topological polar surface area (TPSA) is 41.1 Å². The molecule has 116 valence electrons. The number of hydrogen-bond donors (Lipinski definition) is 2. The van der Waals surface area contributed by atoms with Crippen molar-refractivity contribution >= 4 is 28.9 Å². The zero-order valence-electron chi connectivity index (χ0n) is 13.1. The molecule has 0 saturated heterocycles. The summed E-state index contributed by atoms with van der Waals surface area (Å²) in [5, 5.41) is 6.89. The summed E-state index contributed by atoms with van der Waals surface area (Å²) in [7, 11) is 0. The van der Waals surface area contributed by atoms with Gasteiger partial charge >= 0.3 is 0 Å². The molecule has 0 spiro atoms. The predicted octanol–water partition coefficient (Wildman–Crippen LogP) is 4.93. The van der Waals surface area contributed by atoms with Crippen molar-refractivity contribution in [3.05, 3.63) is 23.2 Å². The van der Waals surface area contributed by atoms with E-state index in [0.717, 1.165) is 17.5 Å². The fourth-order valence-electron chi connectivity index (χ4n) is 3.10. The molecule has 2 rings (SSSR count). The number of anilines is 2. The van der Waals surface area contributed by atoms with Crippen LogP contribution in [0.4, 0.5) is 11.4 Å². The van der Waals surface area contributed by atoms with Crippen LogP contribution in [-0.2, 0) is 4.79 Å². The Morgan fingerprint density at radius 3 is 2.71 bits per heavy atom. The highest BCUT2D eigenvalue weighted by molar-refractivity contribution is 6.34. The van der Waals surface area contributed by atoms with Crippen LogP contribution in [0.25, 0.3) is 0 Å². The molecule has 4 heteroatoms. The van der Waals surface area contributed by atoms with Crippen molar-refractivity contribution < 1.29 is 4.79 Å². The second-order valence-corrected chi connectivity index (χ2v) is 6.79. The Balaban J connectivity index is 1.99. The van der Waals surface area contributed by atoms with Gasteiger partial charge in [0.15, 0.2) is 0 Å². The van der Waals surface area contributed by atoms with Gasteiger partial charge in [0.05, 0.1) is 10.7 Å². The SMILES string of the molecule is CC(=O)Nc1ccc(NC2CCCC(C(C)C)C2)cc1Cl. The molecule has 2 unspecified atom stereocenters. The molecule has 2 N–H and O–H groups in total. The first-order valence-electron chi connectivity index (χ1n) is 7.79. The number of nitrogens with one attached hydrogen (secondary N) is 2. The minimum Gasteiger partial charge on any atom is -0.382 e. The quantitative estimate of drug-likeness (QED) is 0.828. The Morgan fingerprint density at radius 1 is 1.33 bits per heavy atom. The summed E-state index contributed by atoms with van der Waals surface area (Å²) < 4.78 is 0. The summed E-state index contributed by atoms with van der Waals surface area (Å²) in [6.07, 6.45) is 5.08. The largest absolute Gasteiger partial charge is 0.382 e. The Kier molecular flexibility index (Phi) is 5.51. The lowest BCUT2D eigenvalue weighted by Gasteiger charge is -2.32. The van der Waals surface area contributed by atoms with Gasteiger partial charge in [-0.2, -0.15) is 0 Å². The highest BCUT2D eigenvalue weighted by Gasteiger charge is 2.24. The number of benzene rings is 1. The van der Waals surface area contributed by atoms with Gasteiger partial charge in [-0.15, -0.1) is 0 Å². The molecule has 1 aliphatic rings. The highest BCUT2D eigenvalue weighted by Crippen LogP contribution is 2.32. The Bertz CT molecular complexity index is 502. The van der Waals surface area contributed by atoms with Crippen LogP contribution in [0.2, 0.25) is 5.02 Å². The van der Waals surface area contributed by atoms with Crippen LogP contribution in [0.1, 0.15) is 46.5 Å². The minimum atomic E-state index is -0.107. The monoisotopic (exact) mass is 308 g/mol. The van der Waals surface area contributed by atoms with Crippen molar-refractivity contribution in [1.82, 2.24) is 0 Å². The molecule has 1 aliphatic carbocycles. The molecule has 1 saturated carbocycles. The number of carbonyl (C=O) groups excluding carboxylic acids is 1. The molecule has 3 nitrogen and oxygen atoms in total. The molecule has 1 aromatic rings. The number of hydrogen-bond acceptors (Lipinski definition) is 2. The Hall–Kier alpha value is -1.22. The van der Waals surface area contributed by atoms with E-state index in [1.807, 2.05) is 18.2 Å². The molecular formula is C17H25ClN2O. The molecule has 1 aromatic carbocycles. The number of amides is 1. The molecule has 0 heterocycles. The van der Waals surface area contributed by atoms with Crippen LogP contribution in [-0.4, -0.2) is 11.9 Å². The fraction of sp³-hybridized carbons (Fsp3) is 0.588. The average Bonchev–Trinajstić information content (AvgIpc) is 2.42. The zero-order valence-corrected chi connectivity index (χ0v) is 13.8. The normalized spacial score (nSPS) is 22.1. The maximum Gasteiger partial charge on any atom is 0.221 e. The minimum absolute atomic E-state index is 0.107. The Labute approximate surface area is 132 Å². The predicted molar refractivity (Wildman–Crippen MR) is 90.0 cm³/mol. The molecule has 1 amide bonds. The number of halogens is 1. The summed E-state index contributed by atoms with van der Waals surface area (Å²) >= 11 is 6.22. The lowest BCUT2D eigenvalue weighted by molar-refractivity contribution is -0.114. The van der Waals surface area contributed by atoms with Gasteiger partial charge in [0.2, 0.25) is 5.91 Å². The van der Waals surface area contributed by atoms with E-state index >= 15 is 0 Å². The first kappa shape index (κ1) is 16.2. The van der Waals surface area contributed by atoms with Gasteiger partial charge in [0.1, 0.15) is 0 Å². The van der Waals surface area contributed by atoms with E-state index < -0.39 is 0 Å². The summed E-state index contributed by atoms with van der Waals surface area (Å²) in [5.74, 6) is 1.45. The van der Waals surface area contributed by atoms with E-state index in [0.29, 0.717) is 16.8 Å². The zero-order chi connectivity index (χ0) is 15.4. The third-order valence-electron chi connectivity index (χ3n) is 4.31. The molecule has 0 bridgehead atoms. The first-order valence-corrected chi connectivity index (χ1v) is 8.17. The smallest absolute Gasteiger partial charge is 0.221 e. The van der Waals surface area contributed by atoms with Crippen molar-refractivity contribution in [3.8, 4) is 0 Å². The molecule has 2 atom stereocenters. The van der Waals surface area contributed by atoms with Crippen molar-refractivity contribution in [2.45, 2.75) is 52.5 Å². The lowest BCUT2D eigenvalue weighted by Crippen LogP contribution is -2.29. The second-order valence-electron chi connectivity index (χ2n) is 6.39. The van der Waals surface area contributed by atoms with Gasteiger partial charge < -0.3 is 10.6 Å². The Morgan fingerprint density at radius 2 is 2.10 bits per heavy atom. The van der Waals surface area contributed by atoms with Crippen LogP contribution in [0.3, 0.4) is 0 Å². The molecular weight excluding hydrogens is 284 g/mol. The van der Waals surface area contributed by atoms with E-state index in [2.05, 4.69) is 24.5 Å². The molecule has 0 aliphatic heterocycles. The van der Waals surface area contributed by atoms with Crippen molar-refractivity contribution in [3.63, 3.8) is 0 Å². The van der Waals surface area contributed by atoms with E-state index in [1.54, 1.807) is 0 Å². The number of carbonyl (C=O) groups is 1. The second kappa shape index (κ2) is 7.17. The van der Waals surface area contributed by atoms with E-state index in [4.69, 9.17) is 11.6 Å². The summed E-state index contributed by atoms with van der Waals surface area (Å²) in [6, 6.07) is 6.25. The number of rotatable bonds is 4. The van der Waals surface area contributed by atoms with Crippen LogP contribution >= 0.6 is 11.6 Å². The molecule has 21 heavy (non-hydrogen) atoms. The van der Waals surface area contributed by atoms with Crippen LogP contribution < -0.4 is 10.6 Å². The molecule has 0 aromatic heterocycles. The van der Waals surface area contributed by atoms with Gasteiger partial charge in [0, 0.05) is 18.7 Å². The van der Waals surface area contributed by atoms with Gasteiger partial charge in [-0.1, -0.05) is 38.3 Å². The highest BCUT2D eigenvalue weighted by atomic mass is 35.5. The van der Waals surface area contributed by atoms with Crippen molar-refractivity contribution in [1.29, 1.82) is 0 Å². The van der Waals surface area contributed by atoms with Crippen LogP contribution in [0, 0.1) is 11.8 Å². The third-order valence-corrected chi connectivity index (χ3v) is 4.62. The third kappa shape index (κ3) is 4.63. The molecule has 0 radical (unpaired) electrons. The van der Waals surface area contributed by atoms with Crippen molar-refractivity contribution in [2.24, 2.45) is 11.8 Å². The molecule has 1 fully saturated rings. The average molecular weight is 309 g/mol. The van der Waals surface area contributed by atoms with Gasteiger partial charge in [0.25, 0.3) is 0 Å². The van der Waals surface area contributed by atoms with Crippen LogP contribution in [0.5, 0.6) is 0 Å².